The van der Waals surface area contributed by atoms with Crippen molar-refractivity contribution in [1.82, 2.24) is 20.1 Å². The summed E-state index contributed by atoms with van der Waals surface area (Å²) >= 11 is 0. The lowest BCUT2D eigenvalue weighted by Gasteiger charge is -2.35. The van der Waals surface area contributed by atoms with Crippen LogP contribution >= 0.6 is 0 Å². The van der Waals surface area contributed by atoms with E-state index in [1.807, 2.05) is 37.3 Å². The van der Waals surface area contributed by atoms with E-state index in [9.17, 15) is 9.59 Å². The standard InChI is InChI=1S/C22H27N5O4/c1-3-30-21(29)19-15(2)26(13-18(28)23-12-17-10-7-11-31-17)22-24-14-25-27(22)20(19)16-8-5-4-6-9-16/h4-6,8-9,14,17,20H,3,7,10-13H2,1-2H3,(H,23,28)/t17-,20-/m0/s1. The molecule has 2 atom stereocenters. The predicted octanol–water partition coefficient (Wildman–Crippen LogP) is 1.82. The average Bonchev–Trinajstić information content (AvgIpc) is 3.46. The number of aromatic nitrogens is 3. The Morgan fingerprint density at radius 1 is 1.29 bits per heavy atom. The van der Waals surface area contributed by atoms with Crippen molar-refractivity contribution >= 4 is 17.8 Å². The number of nitrogens with zero attached hydrogens (tertiary/aromatic N) is 4. The second kappa shape index (κ2) is 9.30. The Morgan fingerprint density at radius 3 is 2.81 bits per heavy atom. The van der Waals surface area contributed by atoms with Crippen molar-refractivity contribution < 1.29 is 19.1 Å². The molecule has 0 saturated carbocycles. The maximum absolute atomic E-state index is 13.0. The first kappa shape index (κ1) is 21.0. The third-order valence-electron chi connectivity index (χ3n) is 5.57. The van der Waals surface area contributed by atoms with Gasteiger partial charge in [-0.15, -0.1) is 0 Å². The zero-order chi connectivity index (χ0) is 21.8. The van der Waals surface area contributed by atoms with Gasteiger partial charge >= 0.3 is 5.97 Å². The molecule has 1 fully saturated rings. The molecular weight excluding hydrogens is 398 g/mol. The third-order valence-corrected chi connectivity index (χ3v) is 5.57. The Morgan fingerprint density at radius 2 is 2.10 bits per heavy atom. The molecule has 31 heavy (non-hydrogen) atoms. The number of amides is 1. The van der Waals surface area contributed by atoms with Crippen LogP contribution in [0.15, 0.2) is 47.9 Å². The Balaban J connectivity index is 1.65. The van der Waals surface area contributed by atoms with Crippen molar-refractivity contribution in [3.05, 3.63) is 53.5 Å². The number of carbonyl (C=O) groups is 2. The maximum Gasteiger partial charge on any atom is 0.338 e. The Bertz CT molecular complexity index is 965. The number of carbonyl (C=O) groups excluding carboxylic acids is 2. The molecule has 2 aliphatic heterocycles. The molecule has 1 aromatic heterocycles. The molecular formula is C22H27N5O4. The molecule has 1 saturated heterocycles. The summed E-state index contributed by atoms with van der Waals surface area (Å²) in [7, 11) is 0. The molecule has 2 aliphatic rings. The summed E-state index contributed by atoms with van der Waals surface area (Å²) in [4.78, 5) is 31.8. The van der Waals surface area contributed by atoms with Crippen molar-refractivity contribution in [3.8, 4) is 0 Å². The van der Waals surface area contributed by atoms with Gasteiger partial charge in [-0.3, -0.25) is 4.79 Å². The summed E-state index contributed by atoms with van der Waals surface area (Å²) in [5.74, 6) is -0.0998. The zero-order valence-electron chi connectivity index (χ0n) is 17.8. The lowest BCUT2D eigenvalue weighted by molar-refractivity contribution is -0.139. The van der Waals surface area contributed by atoms with Gasteiger partial charge in [0.2, 0.25) is 11.9 Å². The molecule has 9 heteroatoms. The van der Waals surface area contributed by atoms with Crippen LogP contribution < -0.4 is 10.2 Å². The first-order valence-electron chi connectivity index (χ1n) is 10.6. The molecule has 9 nitrogen and oxygen atoms in total. The Labute approximate surface area is 181 Å². The molecule has 0 bridgehead atoms. The largest absolute Gasteiger partial charge is 0.463 e. The summed E-state index contributed by atoms with van der Waals surface area (Å²) in [5, 5.41) is 7.30. The van der Waals surface area contributed by atoms with Crippen LogP contribution in [0.2, 0.25) is 0 Å². The van der Waals surface area contributed by atoms with E-state index in [0.29, 0.717) is 23.8 Å². The topological polar surface area (TPSA) is 98.6 Å². The highest BCUT2D eigenvalue weighted by Gasteiger charge is 2.38. The summed E-state index contributed by atoms with van der Waals surface area (Å²) in [6.45, 7) is 5.06. The van der Waals surface area contributed by atoms with Crippen molar-refractivity contribution in [2.45, 2.75) is 38.8 Å². The number of benzene rings is 1. The van der Waals surface area contributed by atoms with Gasteiger partial charge in [-0.05, 0) is 32.3 Å². The molecule has 0 spiro atoms. The second-order valence-electron chi connectivity index (χ2n) is 7.56. The number of esters is 1. The molecule has 0 radical (unpaired) electrons. The normalized spacial score (nSPS) is 20.5. The highest BCUT2D eigenvalue weighted by molar-refractivity contribution is 5.93. The molecule has 3 heterocycles. The van der Waals surface area contributed by atoms with Gasteiger partial charge in [-0.25, -0.2) is 9.48 Å². The van der Waals surface area contributed by atoms with Crippen LogP contribution in [0.3, 0.4) is 0 Å². The lowest BCUT2D eigenvalue weighted by Crippen LogP contribution is -2.44. The van der Waals surface area contributed by atoms with E-state index in [4.69, 9.17) is 9.47 Å². The van der Waals surface area contributed by atoms with Gasteiger partial charge < -0.3 is 19.7 Å². The van der Waals surface area contributed by atoms with E-state index in [1.54, 1.807) is 16.5 Å². The first-order chi connectivity index (χ1) is 15.1. The van der Waals surface area contributed by atoms with Crippen LogP contribution in [0.25, 0.3) is 0 Å². The number of allylic oxidation sites excluding steroid dienone is 1. The van der Waals surface area contributed by atoms with Gasteiger partial charge in [0.05, 0.1) is 18.3 Å². The van der Waals surface area contributed by atoms with Crippen LogP contribution in [0.1, 0.15) is 38.3 Å². The monoisotopic (exact) mass is 425 g/mol. The minimum Gasteiger partial charge on any atom is -0.463 e. The van der Waals surface area contributed by atoms with Crippen LogP contribution in [0.5, 0.6) is 0 Å². The summed E-state index contributed by atoms with van der Waals surface area (Å²) in [6.07, 6.45) is 3.46. The minimum atomic E-state index is -0.482. The van der Waals surface area contributed by atoms with Crippen LogP contribution in [-0.2, 0) is 19.1 Å². The molecule has 164 valence electrons. The van der Waals surface area contributed by atoms with E-state index >= 15 is 0 Å². The maximum atomic E-state index is 13.0. The van der Waals surface area contributed by atoms with Gasteiger partial charge in [-0.1, -0.05) is 30.3 Å². The van der Waals surface area contributed by atoms with E-state index in [0.717, 1.165) is 25.0 Å². The lowest BCUT2D eigenvalue weighted by atomic mass is 9.95. The quantitative estimate of drug-likeness (QED) is 0.676. The third kappa shape index (κ3) is 4.32. The fourth-order valence-electron chi connectivity index (χ4n) is 4.07. The van der Waals surface area contributed by atoms with Crippen LogP contribution in [0.4, 0.5) is 5.95 Å². The van der Waals surface area contributed by atoms with Gasteiger partial charge in [-0.2, -0.15) is 10.1 Å². The minimum absolute atomic E-state index is 0.0155. The van der Waals surface area contributed by atoms with Crippen molar-refractivity contribution in [1.29, 1.82) is 0 Å². The SMILES string of the molecule is CCOC(=O)C1=C(C)N(CC(=O)NC[C@@H]2CCCO2)c2ncnn2[C@H]1c1ccccc1. The molecule has 1 N–H and O–H groups in total. The fourth-order valence-corrected chi connectivity index (χ4v) is 4.07. The predicted molar refractivity (Wildman–Crippen MR) is 113 cm³/mol. The fraction of sp³-hybridized carbons (Fsp3) is 0.455. The number of hydrogen-bond donors (Lipinski definition) is 1. The average molecular weight is 425 g/mol. The summed E-state index contributed by atoms with van der Waals surface area (Å²) in [6, 6.07) is 9.13. The van der Waals surface area contributed by atoms with Crippen molar-refractivity contribution in [2.24, 2.45) is 0 Å². The highest BCUT2D eigenvalue weighted by Crippen LogP contribution is 2.38. The van der Waals surface area contributed by atoms with Crippen molar-refractivity contribution in [3.63, 3.8) is 0 Å². The number of hydrogen-bond acceptors (Lipinski definition) is 7. The summed E-state index contributed by atoms with van der Waals surface area (Å²) in [5.41, 5.74) is 1.96. The molecule has 0 unspecified atom stereocenters. The molecule has 2 aromatic rings. The number of fused-ring (bicyclic) bond motifs is 1. The van der Waals surface area contributed by atoms with Gasteiger partial charge in [0.1, 0.15) is 18.9 Å². The zero-order valence-corrected chi connectivity index (χ0v) is 17.8. The Hall–Kier alpha value is -3.20. The summed E-state index contributed by atoms with van der Waals surface area (Å²) < 4.78 is 12.6. The second-order valence-corrected chi connectivity index (χ2v) is 7.56. The van der Waals surface area contributed by atoms with Crippen LogP contribution in [0, 0.1) is 0 Å². The Kier molecular flexibility index (Phi) is 6.31. The van der Waals surface area contributed by atoms with Gasteiger partial charge in [0.25, 0.3) is 0 Å². The molecule has 1 aromatic carbocycles. The van der Waals surface area contributed by atoms with E-state index in [2.05, 4.69) is 15.4 Å². The number of anilines is 1. The van der Waals surface area contributed by atoms with Crippen LogP contribution in [-0.4, -0.2) is 59.0 Å². The number of ether oxygens (including phenoxy) is 2. The molecule has 4 rings (SSSR count). The van der Waals surface area contributed by atoms with E-state index in [1.165, 1.54) is 6.33 Å². The van der Waals surface area contributed by atoms with Gasteiger partial charge in [0.15, 0.2) is 0 Å². The van der Waals surface area contributed by atoms with Gasteiger partial charge in [0, 0.05) is 18.8 Å². The smallest absolute Gasteiger partial charge is 0.338 e. The number of nitrogens with one attached hydrogen (secondary N) is 1. The van der Waals surface area contributed by atoms with Crippen molar-refractivity contribution in [2.75, 3.05) is 31.2 Å². The van der Waals surface area contributed by atoms with E-state index in [-0.39, 0.29) is 25.2 Å². The molecule has 1 amide bonds. The first-order valence-corrected chi connectivity index (χ1v) is 10.6. The number of rotatable bonds is 7. The highest BCUT2D eigenvalue weighted by atomic mass is 16.5. The molecule has 0 aliphatic carbocycles. The van der Waals surface area contributed by atoms with E-state index < -0.39 is 12.0 Å².